The van der Waals surface area contributed by atoms with Gasteiger partial charge in [-0.05, 0) is 11.6 Å². The summed E-state index contributed by atoms with van der Waals surface area (Å²) in [7, 11) is 0. The van der Waals surface area contributed by atoms with E-state index in [0.717, 1.165) is 6.42 Å². The van der Waals surface area contributed by atoms with Crippen molar-refractivity contribution in [1.82, 2.24) is 4.40 Å². The first-order chi connectivity index (χ1) is 13.8. The average Bonchev–Trinajstić information content (AvgIpc) is 3.24. The van der Waals surface area contributed by atoms with Gasteiger partial charge in [0.25, 0.3) is 5.65 Å². The summed E-state index contributed by atoms with van der Waals surface area (Å²) in [6, 6.07) is 14.4. The van der Waals surface area contributed by atoms with Gasteiger partial charge in [-0.2, -0.15) is 4.40 Å². The van der Waals surface area contributed by atoms with Gasteiger partial charge in [-0.25, -0.2) is 9.36 Å². The minimum Gasteiger partial charge on any atom is -0.842 e. The maximum atomic E-state index is 13.1. The van der Waals surface area contributed by atoms with Gasteiger partial charge in [0.15, 0.2) is 6.10 Å². The molecule has 144 valence electrons. The van der Waals surface area contributed by atoms with Crippen molar-refractivity contribution in [3.05, 3.63) is 65.1 Å². The van der Waals surface area contributed by atoms with Gasteiger partial charge in [-0.15, -0.1) is 0 Å². The highest BCUT2D eigenvalue weighted by molar-refractivity contribution is 5.66. The van der Waals surface area contributed by atoms with E-state index in [-0.39, 0.29) is 23.1 Å². The Morgan fingerprint density at radius 2 is 2.07 bits per heavy atom. The van der Waals surface area contributed by atoms with Crippen LogP contribution in [0.5, 0.6) is 5.88 Å². The number of rotatable bonds is 6. The van der Waals surface area contributed by atoms with Gasteiger partial charge in [-0.3, -0.25) is 0 Å². The molecule has 3 heterocycles. The van der Waals surface area contributed by atoms with Crippen LogP contribution in [0.2, 0.25) is 0 Å². The lowest BCUT2D eigenvalue weighted by molar-refractivity contribution is -0.714. The number of fused-ring (bicyclic) bond motifs is 1. The van der Waals surface area contributed by atoms with Crippen molar-refractivity contribution < 1.29 is 19.2 Å². The molecule has 1 saturated heterocycles. The zero-order chi connectivity index (χ0) is 19.3. The lowest BCUT2D eigenvalue weighted by Crippen LogP contribution is -2.44. The summed E-state index contributed by atoms with van der Waals surface area (Å²) in [6.45, 7) is 1.65. The number of hydrogen-bond acceptors (Lipinski definition) is 5. The van der Waals surface area contributed by atoms with E-state index in [4.69, 9.17) is 9.57 Å². The minimum absolute atomic E-state index is 0.000196. The van der Waals surface area contributed by atoms with Crippen LogP contribution in [0, 0.1) is 0 Å². The van der Waals surface area contributed by atoms with E-state index < -0.39 is 0 Å². The highest BCUT2D eigenvalue weighted by Crippen LogP contribution is 2.21. The Balaban J connectivity index is 1.65. The first-order valence-corrected chi connectivity index (χ1v) is 9.31. The number of pyridine rings is 1. The number of benzene rings is 1. The minimum atomic E-state index is -0.318. The van der Waals surface area contributed by atoms with Crippen LogP contribution in [-0.2, 0) is 16.1 Å². The average molecular weight is 379 g/mol. The zero-order valence-electron chi connectivity index (χ0n) is 15.4. The summed E-state index contributed by atoms with van der Waals surface area (Å²) < 4.78 is 8.35. The van der Waals surface area contributed by atoms with Crippen LogP contribution in [0.15, 0.2) is 64.7 Å². The van der Waals surface area contributed by atoms with Gasteiger partial charge < -0.3 is 14.7 Å². The van der Waals surface area contributed by atoms with E-state index in [1.54, 1.807) is 41.2 Å². The summed E-state index contributed by atoms with van der Waals surface area (Å²) in [5, 5.41) is 17.1. The number of aromatic nitrogens is 2. The van der Waals surface area contributed by atoms with E-state index in [9.17, 15) is 9.90 Å². The van der Waals surface area contributed by atoms with Crippen LogP contribution in [0.3, 0.4) is 0 Å². The quantitative estimate of drug-likeness (QED) is 0.369. The second-order valence-electron chi connectivity index (χ2n) is 6.60. The monoisotopic (exact) mass is 379 g/mol. The number of hydrogen-bond donors (Lipinski definition) is 0. The Kier molecular flexibility index (Phi) is 5.34. The normalized spacial score (nSPS) is 16.8. The van der Waals surface area contributed by atoms with Crippen LogP contribution in [0.4, 0.5) is 0 Å². The fourth-order valence-electron chi connectivity index (χ4n) is 3.31. The molecule has 0 spiro atoms. The Bertz CT molecular complexity index is 1040. The molecule has 0 aliphatic carbocycles. The van der Waals surface area contributed by atoms with E-state index in [2.05, 4.69) is 5.16 Å². The number of aryl methyl sites for hydroxylation is 1. The molecule has 1 aromatic carbocycles. The third kappa shape index (κ3) is 3.61. The Labute approximate surface area is 162 Å². The molecule has 0 bridgehead atoms. The summed E-state index contributed by atoms with van der Waals surface area (Å²) in [5.74, 6) is -0.305. The largest absolute Gasteiger partial charge is 0.842 e. The molecular formula is C21H21N3O4. The zero-order valence-corrected chi connectivity index (χ0v) is 15.4. The number of oxime groups is 1. The summed E-state index contributed by atoms with van der Waals surface area (Å²) in [6.07, 6.45) is 4.67. The van der Waals surface area contributed by atoms with Gasteiger partial charge in [-0.1, -0.05) is 41.6 Å². The van der Waals surface area contributed by atoms with Gasteiger partial charge in [0.1, 0.15) is 5.56 Å². The topological polar surface area (TPSA) is 79.2 Å². The van der Waals surface area contributed by atoms with Crippen molar-refractivity contribution in [2.75, 3.05) is 13.2 Å². The molecule has 3 aromatic rings. The van der Waals surface area contributed by atoms with E-state index >= 15 is 0 Å². The van der Waals surface area contributed by atoms with Gasteiger partial charge in [0, 0.05) is 25.1 Å². The third-order valence-corrected chi connectivity index (χ3v) is 4.72. The second kappa shape index (κ2) is 8.22. The van der Waals surface area contributed by atoms with Gasteiger partial charge >= 0.3 is 5.56 Å². The van der Waals surface area contributed by atoms with Crippen LogP contribution in [0.25, 0.3) is 16.8 Å². The molecule has 1 fully saturated rings. The predicted octanol–water partition coefficient (Wildman–Crippen LogP) is 1.51. The molecule has 0 amide bonds. The first-order valence-electron chi connectivity index (χ1n) is 9.31. The van der Waals surface area contributed by atoms with E-state index in [1.165, 1.54) is 4.40 Å². The standard InChI is InChI=1S/C21H21N3O4/c25-20-19(16-7-2-1-3-8-16)21(26)24(18-9-4-5-12-23(18)20)13-6-11-22-28-17-10-14-27-15-17/h1-5,7-9,11-12,17H,6,10,13-15H2. The van der Waals surface area contributed by atoms with Crippen molar-refractivity contribution in [3.63, 3.8) is 0 Å². The van der Waals surface area contributed by atoms with Crippen LogP contribution >= 0.6 is 0 Å². The van der Waals surface area contributed by atoms with Crippen LogP contribution in [-0.4, -0.2) is 29.9 Å². The molecule has 1 atom stereocenters. The summed E-state index contributed by atoms with van der Waals surface area (Å²) >= 11 is 0. The van der Waals surface area contributed by atoms with Crippen LogP contribution < -0.4 is 15.2 Å². The Morgan fingerprint density at radius 3 is 2.86 bits per heavy atom. The van der Waals surface area contributed by atoms with Crippen molar-refractivity contribution in [2.45, 2.75) is 25.5 Å². The molecule has 7 nitrogen and oxygen atoms in total. The molecule has 0 radical (unpaired) electrons. The second-order valence-corrected chi connectivity index (χ2v) is 6.60. The third-order valence-electron chi connectivity index (χ3n) is 4.72. The lowest BCUT2D eigenvalue weighted by Gasteiger charge is -2.16. The number of ether oxygens (including phenoxy) is 1. The molecule has 7 heteroatoms. The van der Waals surface area contributed by atoms with Crippen LogP contribution in [0.1, 0.15) is 12.8 Å². The SMILES string of the molecule is O=c1c(-c2ccccc2)c([O-])[n+](CCC=NOC2CCOC2)c2ccccn12. The van der Waals surface area contributed by atoms with Crippen molar-refractivity contribution >= 4 is 11.9 Å². The molecule has 0 N–H and O–H groups in total. The molecule has 1 aliphatic heterocycles. The number of nitrogens with zero attached hydrogens (tertiary/aromatic N) is 3. The smallest absolute Gasteiger partial charge is 0.349 e. The lowest BCUT2D eigenvalue weighted by atomic mass is 10.1. The van der Waals surface area contributed by atoms with Crippen molar-refractivity contribution in [1.29, 1.82) is 0 Å². The van der Waals surface area contributed by atoms with Gasteiger partial charge in [0.2, 0.25) is 0 Å². The fraction of sp³-hybridized carbons (Fsp3) is 0.286. The first kappa shape index (κ1) is 18.2. The highest BCUT2D eigenvalue weighted by atomic mass is 16.7. The molecule has 1 aliphatic rings. The fourth-order valence-corrected chi connectivity index (χ4v) is 3.31. The van der Waals surface area contributed by atoms with Gasteiger partial charge in [0.05, 0.1) is 31.8 Å². The van der Waals surface area contributed by atoms with Crippen molar-refractivity contribution in [3.8, 4) is 17.0 Å². The molecule has 0 saturated carbocycles. The summed E-state index contributed by atoms with van der Waals surface area (Å²) in [5.41, 5.74) is 1.01. The predicted molar refractivity (Wildman–Crippen MR) is 102 cm³/mol. The maximum absolute atomic E-state index is 13.1. The van der Waals surface area contributed by atoms with E-state index in [0.29, 0.717) is 37.4 Å². The molecule has 2 aromatic heterocycles. The Morgan fingerprint density at radius 1 is 1.25 bits per heavy atom. The molecule has 28 heavy (non-hydrogen) atoms. The Hall–Kier alpha value is -3.19. The highest BCUT2D eigenvalue weighted by Gasteiger charge is 2.19. The molecule has 1 unspecified atom stereocenters. The molecular weight excluding hydrogens is 358 g/mol. The van der Waals surface area contributed by atoms with Crippen molar-refractivity contribution in [2.24, 2.45) is 5.16 Å². The molecule has 4 rings (SSSR count). The maximum Gasteiger partial charge on any atom is 0.349 e. The van der Waals surface area contributed by atoms with E-state index in [1.807, 2.05) is 24.3 Å². The summed E-state index contributed by atoms with van der Waals surface area (Å²) in [4.78, 5) is 18.3.